The highest BCUT2D eigenvalue weighted by Crippen LogP contribution is 2.27. The predicted octanol–water partition coefficient (Wildman–Crippen LogP) is 4.93. The SMILES string of the molecule is CC(NC(=O)NCCCOc1ccc(Br)cc1Cl)c1ccccc1. The van der Waals surface area contributed by atoms with Crippen molar-refractivity contribution in [3.63, 3.8) is 0 Å². The molecule has 0 saturated carbocycles. The Balaban J connectivity index is 1.64. The lowest BCUT2D eigenvalue weighted by molar-refractivity contribution is 0.236. The van der Waals surface area contributed by atoms with Crippen LogP contribution in [0.5, 0.6) is 5.75 Å². The van der Waals surface area contributed by atoms with Gasteiger partial charge in [0.15, 0.2) is 0 Å². The van der Waals surface area contributed by atoms with Crippen molar-refractivity contribution in [2.24, 2.45) is 0 Å². The molecule has 0 bridgehead atoms. The van der Waals surface area contributed by atoms with E-state index in [-0.39, 0.29) is 12.1 Å². The molecule has 2 amide bonds. The molecule has 4 nitrogen and oxygen atoms in total. The van der Waals surface area contributed by atoms with E-state index in [1.807, 2.05) is 49.4 Å². The molecule has 0 radical (unpaired) electrons. The van der Waals surface area contributed by atoms with Gasteiger partial charge >= 0.3 is 6.03 Å². The average Bonchev–Trinajstić information content (AvgIpc) is 2.57. The quantitative estimate of drug-likeness (QED) is 0.635. The van der Waals surface area contributed by atoms with Crippen molar-refractivity contribution in [2.45, 2.75) is 19.4 Å². The first-order valence-electron chi connectivity index (χ1n) is 7.73. The third-order valence-corrected chi connectivity index (χ3v) is 4.19. The zero-order valence-corrected chi connectivity index (χ0v) is 15.7. The maximum Gasteiger partial charge on any atom is 0.315 e. The number of hydrogen-bond donors (Lipinski definition) is 2. The summed E-state index contributed by atoms with van der Waals surface area (Å²) in [4.78, 5) is 11.9. The minimum absolute atomic E-state index is 0.0379. The van der Waals surface area contributed by atoms with Crippen LogP contribution >= 0.6 is 27.5 Å². The smallest absolute Gasteiger partial charge is 0.315 e. The summed E-state index contributed by atoms with van der Waals surface area (Å²) in [5.74, 6) is 0.641. The van der Waals surface area contributed by atoms with Crippen molar-refractivity contribution >= 4 is 33.6 Å². The third-order valence-electron chi connectivity index (χ3n) is 3.41. The molecular formula is C18H20BrClN2O2. The van der Waals surface area contributed by atoms with E-state index < -0.39 is 0 Å². The van der Waals surface area contributed by atoms with E-state index in [0.29, 0.717) is 30.3 Å². The Kier molecular flexibility index (Phi) is 7.40. The number of ether oxygens (including phenoxy) is 1. The van der Waals surface area contributed by atoms with Gasteiger partial charge in [-0.1, -0.05) is 57.9 Å². The fourth-order valence-corrected chi connectivity index (χ4v) is 2.85. The van der Waals surface area contributed by atoms with Gasteiger partial charge in [0.2, 0.25) is 0 Å². The summed E-state index contributed by atoms with van der Waals surface area (Å²) in [6.07, 6.45) is 0.694. The van der Waals surface area contributed by atoms with Crippen LogP contribution in [0.4, 0.5) is 4.79 Å². The Morgan fingerprint density at radius 2 is 2.00 bits per heavy atom. The van der Waals surface area contributed by atoms with E-state index in [1.54, 1.807) is 6.07 Å². The van der Waals surface area contributed by atoms with Gasteiger partial charge in [0.25, 0.3) is 0 Å². The number of benzene rings is 2. The van der Waals surface area contributed by atoms with Crippen molar-refractivity contribution in [2.75, 3.05) is 13.2 Å². The molecule has 0 aliphatic heterocycles. The standard InChI is InChI=1S/C18H20BrClN2O2/c1-13(14-6-3-2-4-7-14)22-18(23)21-10-5-11-24-17-9-8-15(19)12-16(17)20/h2-4,6-9,12-13H,5,10-11H2,1H3,(H2,21,22,23). The van der Waals surface area contributed by atoms with Crippen molar-refractivity contribution in [1.82, 2.24) is 10.6 Å². The molecule has 128 valence electrons. The zero-order chi connectivity index (χ0) is 17.4. The highest BCUT2D eigenvalue weighted by molar-refractivity contribution is 9.10. The fourth-order valence-electron chi connectivity index (χ4n) is 2.12. The van der Waals surface area contributed by atoms with Gasteiger partial charge in [0.1, 0.15) is 5.75 Å². The van der Waals surface area contributed by atoms with Crippen molar-refractivity contribution in [3.05, 3.63) is 63.6 Å². The maximum atomic E-state index is 11.9. The number of halogens is 2. The van der Waals surface area contributed by atoms with Gasteiger partial charge in [-0.25, -0.2) is 4.79 Å². The van der Waals surface area contributed by atoms with Crippen molar-refractivity contribution < 1.29 is 9.53 Å². The molecule has 0 aliphatic rings. The fraction of sp³-hybridized carbons (Fsp3) is 0.278. The molecule has 0 aromatic heterocycles. The summed E-state index contributed by atoms with van der Waals surface area (Å²) in [5.41, 5.74) is 1.07. The third kappa shape index (κ3) is 6.06. The number of amides is 2. The first kappa shape index (κ1) is 18.6. The van der Waals surface area contributed by atoms with E-state index in [0.717, 1.165) is 10.0 Å². The van der Waals surface area contributed by atoms with Gasteiger partial charge in [-0.05, 0) is 37.1 Å². The lowest BCUT2D eigenvalue weighted by Crippen LogP contribution is -2.37. The second kappa shape index (κ2) is 9.55. The van der Waals surface area contributed by atoms with Gasteiger partial charge in [0.05, 0.1) is 17.7 Å². The molecule has 24 heavy (non-hydrogen) atoms. The second-order valence-electron chi connectivity index (χ2n) is 5.31. The monoisotopic (exact) mass is 410 g/mol. The Labute approximate surface area is 155 Å². The predicted molar refractivity (Wildman–Crippen MR) is 101 cm³/mol. The molecule has 2 N–H and O–H groups in total. The lowest BCUT2D eigenvalue weighted by Gasteiger charge is -2.15. The van der Waals surface area contributed by atoms with Gasteiger partial charge in [0, 0.05) is 11.0 Å². The Bertz CT molecular complexity index is 667. The van der Waals surface area contributed by atoms with E-state index >= 15 is 0 Å². The number of rotatable bonds is 7. The van der Waals surface area contributed by atoms with Gasteiger partial charge in [-0.15, -0.1) is 0 Å². The molecule has 0 spiro atoms. The molecule has 2 aromatic rings. The lowest BCUT2D eigenvalue weighted by atomic mass is 10.1. The highest BCUT2D eigenvalue weighted by Gasteiger charge is 2.08. The normalized spacial score (nSPS) is 11.6. The Morgan fingerprint density at radius 3 is 2.71 bits per heavy atom. The zero-order valence-electron chi connectivity index (χ0n) is 13.4. The second-order valence-corrected chi connectivity index (χ2v) is 6.63. The van der Waals surface area contributed by atoms with Crippen LogP contribution in [-0.2, 0) is 0 Å². The summed E-state index contributed by atoms with van der Waals surface area (Å²) in [7, 11) is 0. The Hall–Kier alpha value is -1.72. The average molecular weight is 412 g/mol. The molecule has 2 aromatic carbocycles. The van der Waals surface area contributed by atoms with E-state index in [2.05, 4.69) is 26.6 Å². The Morgan fingerprint density at radius 1 is 1.25 bits per heavy atom. The number of hydrogen-bond acceptors (Lipinski definition) is 2. The molecule has 0 heterocycles. The molecule has 2 rings (SSSR count). The largest absolute Gasteiger partial charge is 0.492 e. The topological polar surface area (TPSA) is 50.4 Å². The number of nitrogens with one attached hydrogen (secondary N) is 2. The van der Waals surface area contributed by atoms with Gasteiger partial charge < -0.3 is 15.4 Å². The number of carbonyl (C=O) groups excluding carboxylic acids is 1. The minimum atomic E-state index is -0.187. The summed E-state index contributed by atoms with van der Waals surface area (Å²) in [6, 6.07) is 15.1. The van der Waals surface area contributed by atoms with E-state index in [1.165, 1.54) is 0 Å². The highest BCUT2D eigenvalue weighted by atomic mass is 79.9. The summed E-state index contributed by atoms with van der Waals surface area (Å²) < 4.78 is 6.51. The van der Waals surface area contributed by atoms with Crippen molar-refractivity contribution in [1.29, 1.82) is 0 Å². The maximum absolute atomic E-state index is 11.9. The van der Waals surface area contributed by atoms with Gasteiger partial charge in [-0.3, -0.25) is 0 Å². The molecule has 1 atom stereocenters. The number of carbonyl (C=O) groups is 1. The number of urea groups is 1. The minimum Gasteiger partial charge on any atom is -0.492 e. The van der Waals surface area contributed by atoms with Crippen LogP contribution in [0.25, 0.3) is 0 Å². The van der Waals surface area contributed by atoms with E-state index in [9.17, 15) is 4.79 Å². The molecule has 1 unspecified atom stereocenters. The van der Waals surface area contributed by atoms with Crippen LogP contribution in [0.3, 0.4) is 0 Å². The van der Waals surface area contributed by atoms with Crippen LogP contribution in [-0.4, -0.2) is 19.2 Å². The van der Waals surface area contributed by atoms with Crippen LogP contribution < -0.4 is 15.4 Å². The van der Waals surface area contributed by atoms with Crippen LogP contribution in [0.2, 0.25) is 5.02 Å². The summed E-state index contributed by atoms with van der Waals surface area (Å²) >= 11 is 9.42. The molecule has 0 fully saturated rings. The van der Waals surface area contributed by atoms with Gasteiger partial charge in [-0.2, -0.15) is 0 Å². The molecule has 6 heteroatoms. The van der Waals surface area contributed by atoms with Crippen LogP contribution in [0.15, 0.2) is 53.0 Å². The van der Waals surface area contributed by atoms with Crippen LogP contribution in [0, 0.1) is 0 Å². The first-order chi connectivity index (χ1) is 11.6. The van der Waals surface area contributed by atoms with Crippen LogP contribution in [0.1, 0.15) is 24.9 Å². The van der Waals surface area contributed by atoms with Crippen molar-refractivity contribution in [3.8, 4) is 5.75 Å². The molecular weight excluding hydrogens is 392 g/mol. The summed E-state index contributed by atoms with van der Waals surface area (Å²) in [5, 5.41) is 6.29. The van der Waals surface area contributed by atoms with E-state index in [4.69, 9.17) is 16.3 Å². The summed E-state index contributed by atoms with van der Waals surface area (Å²) in [6.45, 7) is 2.96. The molecule has 0 saturated heterocycles. The first-order valence-corrected chi connectivity index (χ1v) is 8.90. The molecule has 0 aliphatic carbocycles.